The monoisotopic (exact) mass is 467 g/mol. The molecular formula is C27H37N3O4. The van der Waals surface area contributed by atoms with Crippen molar-refractivity contribution in [2.75, 3.05) is 6.61 Å². The van der Waals surface area contributed by atoms with Gasteiger partial charge in [0.25, 0.3) is 0 Å². The third-order valence-electron chi connectivity index (χ3n) is 5.58. The minimum atomic E-state index is -0.971. The van der Waals surface area contributed by atoms with Crippen molar-refractivity contribution in [3.8, 4) is 6.07 Å². The average molecular weight is 468 g/mol. The van der Waals surface area contributed by atoms with E-state index in [0.717, 1.165) is 29.7 Å². The smallest absolute Gasteiger partial charge is 0.451 e. The molecule has 0 fully saturated rings. The number of carbonyl (C=O) groups excluding carboxylic acids is 1. The summed E-state index contributed by atoms with van der Waals surface area (Å²) >= 11 is 0. The Balaban J connectivity index is 2.53. The number of rotatable bonds is 9. The van der Waals surface area contributed by atoms with Gasteiger partial charge in [0.15, 0.2) is 5.76 Å². The molecule has 34 heavy (non-hydrogen) atoms. The lowest BCUT2D eigenvalue weighted by atomic mass is 9.86. The molecule has 2 rings (SSSR count). The Morgan fingerprint density at radius 2 is 1.79 bits per heavy atom. The van der Waals surface area contributed by atoms with E-state index in [1.807, 2.05) is 52.0 Å². The maximum absolute atomic E-state index is 12.1. The van der Waals surface area contributed by atoms with Gasteiger partial charge in [0.1, 0.15) is 17.3 Å². The van der Waals surface area contributed by atoms with Crippen molar-refractivity contribution in [3.63, 3.8) is 0 Å². The van der Waals surface area contributed by atoms with E-state index in [4.69, 9.17) is 14.2 Å². The fourth-order valence-corrected chi connectivity index (χ4v) is 3.46. The van der Waals surface area contributed by atoms with Gasteiger partial charge in [-0.25, -0.2) is 4.79 Å². The van der Waals surface area contributed by atoms with Gasteiger partial charge in [0.2, 0.25) is 6.29 Å². The molecule has 184 valence electrons. The SMILES string of the molecule is CCCCOC(=O)OC(C)O/C(=C(/C#N)c1ccc(C(C)(C)C)cc1)c1c(C)c(C)nn1CC. The van der Waals surface area contributed by atoms with Crippen LogP contribution < -0.4 is 0 Å². The number of nitrogens with zero attached hydrogens (tertiary/aromatic N) is 3. The van der Waals surface area contributed by atoms with E-state index in [1.165, 1.54) is 0 Å². The van der Waals surface area contributed by atoms with Crippen LogP contribution in [0.25, 0.3) is 11.3 Å². The van der Waals surface area contributed by atoms with Crippen LogP contribution in [0.15, 0.2) is 24.3 Å². The van der Waals surface area contributed by atoms with E-state index in [9.17, 15) is 10.1 Å². The molecule has 0 aliphatic rings. The van der Waals surface area contributed by atoms with E-state index in [0.29, 0.717) is 29.1 Å². The highest BCUT2D eigenvalue weighted by atomic mass is 16.8. The summed E-state index contributed by atoms with van der Waals surface area (Å²) in [5.41, 5.74) is 4.62. The Morgan fingerprint density at radius 1 is 1.15 bits per heavy atom. The highest BCUT2D eigenvalue weighted by molar-refractivity contribution is 5.94. The molecule has 1 aromatic carbocycles. The zero-order valence-corrected chi connectivity index (χ0v) is 21.7. The average Bonchev–Trinajstić information content (AvgIpc) is 3.07. The maximum Gasteiger partial charge on any atom is 0.511 e. The van der Waals surface area contributed by atoms with Crippen molar-refractivity contribution in [2.24, 2.45) is 0 Å². The zero-order valence-electron chi connectivity index (χ0n) is 21.7. The number of unbranched alkanes of at least 4 members (excludes halogenated alkanes) is 1. The number of aryl methyl sites for hydroxylation is 2. The second-order valence-electron chi connectivity index (χ2n) is 9.27. The van der Waals surface area contributed by atoms with Crippen molar-refractivity contribution in [1.82, 2.24) is 9.78 Å². The van der Waals surface area contributed by atoms with Crippen LogP contribution in [0.4, 0.5) is 4.79 Å². The van der Waals surface area contributed by atoms with Gasteiger partial charge in [-0.3, -0.25) is 4.68 Å². The number of nitriles is 1. The molecule has 0 aliphatic heterocycles. The lowest BCUT2D eigenvalue weighted by molar-refractivity contribution is -0.0672. The summed E-state index contributed by atoms with van der Waals surface area (Å²) in [7, 11) is 0. The molecule has 0 spiro atoms. The van der Waals surface area contributed by atoms with Crippen molar-refractivity contribution in [3.05, 3.63) is 52.3 Å². The number of hydrogen-bond donors (Lipinski definition) is 0. The minimum absolute atomic E-state index is 0.0105. The summed E-state index contributed by atoms with van der Waals surface area (Å²) in [6.45, 7) is 16.7. The fraction of sp³-hybridized carbons (Fsp3) is 0.519. The molecule has 1 unspecified atom stereocenters. The normalized spacial score (nSPS) is 13.0. The first-order chi connectivity index (χ1) is 16.0. The van der Waals surface area contributed by atoms with Crippen molar-refractivity contribution < 1.29 is 19.0 Å². The lowest BCUT2D eigenvalue weighted by Crippen LogP contribution is -2.20. The molecule has 1 heterocycles. The third kappa shape index (κ3) is 6.63. The van der Waals surface area contributed by atoms with E-state index >= 15 is 0 Å². The van der Waals surface area contributed by atoms with E-state index in [1.54, 1.807) is 11.6 Å². The number of ether oxygens (including phenoxy) is 3. The van der Waals surface area contributed by atoms with Gasteiger partial charge in [-0.05, 0) is 43.7 Å². The molecular weight excluding hydrogens is 430 g/mol. The Kier molecular flexibility index (Phi) is 9.31. The van der Waals surface area contributed by atoms with Crippen LogP contribution >= 0.6 is 0 Å². The Labute approximate surface area is 203 Å². The van der Waals surface area contributed by atoms with Gasteiger partial charge in [0.05, 0.1) is 12.3 Å². The second kappa shape index (κ2) is 11.7. The Morgan fingerprint density at radius 3 is 2.32 bits per heavy atom. The van der Waals surface area contributed by atoms with E-state index in [2.05, 4.69) is 31.9 Å². The number of hydrogen-bond acceptors (Lipinski definition) is 6. The van der Waals surface area contributed by atoms with Gasteiger partial charge in [-0.1, -0.05) is 58.4 Å². The van der Waals surface area contributed by atoms with Crippen LogP contribution in [0, 0.1) is 25.2 Å². The number of allylic oxidation sites excluding steroid dienone is 1. The molecule has 0 saturated carbocycles. The Hall–Kier alpha value is -3.27. The van der Waals surface area contributed by atoms with Crippen molar-refractivity contribution in [2.45, 2.75) is 86.5 Å². The highest BCUT2D eigenvalue weighted by Gasteiger charge is 2.25. The molecule has 1 aromatic heterocycles. The molecule has 2 aromatic rings. The van der Waals surface area contributed by atoms with E-state index < -0.39 is 12.4 Å². The predicted molar refractivity (Wildman–Crippen MR) is 133 cm³/mol. The van der Waals surface area contributed by atoms with Gasteiger partial charge in [-0.2, -0.15) is 10.4 Å². The van der Waals surface area contributed by atoms with Crippen molar-refractivity contribution >= 4 is 17.5 Å². The van der Waals surface area contributed by atoms with Crippen LogP contribution in [-0.4, -0.2) is 28.8 Å². The molecule has 0 saturated heterocycles. The molecule has 7 nitrogen and oxygen atoms in total. The molecule has 0 aliphatic carbocycles. The number of carbonyl (C=O) groups is 1. The van der Waals surface area contributed by atoms with Gasteiger partial charge in [-0.15, -0.1) is 0 Å². The summed E-state index contributed by atoms with van der Waals surface area (Å²) < 4.78 is 18.3. The summed E-state index contributed by atoms with van der Waals surface area (Å²) in [6.07, 6.45) is -0.107. The van der Waals surface area contributed by atoms with Crippen molar-refractivity contribution in [1.29, 1.82) is 5.26 Å². The quantitative estimate of drug-likeness (QED) is 0.137. The molecule has 1 atom stereocenters. The number of aromatic nitrogens is 2. The van der Waals surface area contributed by atoms with Crippen LogP contribution in [-0.2, 0) is 26.2 Å². The number of benzene rings is 1. The first-order valence-corrected chi connectivity index (χ1v) is 11.8. The van der Waals surface area contributed by atoms with Crippen LogP contribution in [0.3, 0.4) is 0 Å². The highest BCUT2D eigenvalue weighted by Crippen LogP contribution is 2.33. The maximum atomic E-state index is 12.1. The summed E-state index contributed by atoms with van der Waals surface area (Å²) in [5, 5.41) is 14.8. The molecule has 7 heteroatoms. The summed E-state index contributed by atoms with van der Waals surface area (Å²) in [4.78, 5) is 12.1. The van der Waals surface area contributed by atoms with Gasteiger partial charge < -0.3 is 14.2 Å². The second-order valence-corrected chi connectivity index (χ2v) is 9.27. The summed E-state index contributed by atoms with van der Waals surface area (Å²) in [6, 6.07) is 10.2. The third-order valence-corrected chi connectivity index (χ3v) is 5.58. The van der Waals surface area contributed by atoms with Crippen LogP contribution in [0.2, 0.25) is 0 Å². The first-order valence-electron chi connectivity index (χ1n) is 11.8. The van der Waals surface area contributed by atoms with Gasteiger partial charge in [0, 0.05) is 19.0 Å². The predicted octanol–water partition coefficient (Wildman–Crippen LogP) is 6.53. The van der Waals surface area contributed by atoms with Gasteiger partial charge >= 0.3 is 6.16 Å². The molecule has 0 bridgehead atoms. The van der Waals surface area contributed by atoms with Crippen LogP contribution in [0.5, 0.6) is 0 Å². The standard InChI is InChI=1S/C27H37N3O4/c1-9-11-16-32-26(31)34-20(5)33-25(24-18(3)19(4)29-30(24)10-2)23(17-28)21-12-14-22(15-13-21)27(6,7)8/h12-15,20H,9-11,16H2,1-8H3/b25-23-. The molecule has 0 radical (unpaired) electrons. The summed E-state index contributed by atoms with van der Waals surface area (Å²) in [5.74, 6) is 0.319. The topological polar surface area (TPSA) is 86.4 Å². The minimum Gasteiger partial charge on any atom is -0.451 e. The molecule has 0 N–H and O–H groups in total. The van der Waals surface area contributed by atoms with E-state index in [-0.39, 0.29) is 12.0 Å². The Bertz CT molecular complexity index is 1050. The largest absolute Gasteiger partial charge is 0.511 e. The first kappa shape index (κ1) is 27.0. The zero-order chi connectivity index (χ0) is 25.5. The fourth-order valence-electron chi connectivity index (χ4n) is 3.46. The van der Waals surface area contributed by atoms with Crippen LogP contribution in [0.1, 0.15) is 82.5 Å². The molecule has 0 amide bonds. The lowest BCUT2D eigenvalue weighted by Gasteiger charge is -2.21.